The fourth-order valence-corrected chi connectivity index (χ4v) is 3.01. The smallest absolute Gasteiger partial charge is 0.263 e. The van der Waals surface area contributed by atoms with Crippen molar-refractivity contribution in [2.75, 3.05) is 7.05 Å². The molecule has 152 valence electrons. The number of amides is 1. The quantitative estimate of drug-likeness (QED) is 0.592. The molecule has 0 saturated carbocycles. The van der Waals surface area contributed by atoms with Gasteiger partial charge in [0.2, 0.25) is 11.7 Å². The van der Waals surface area contributed by atoms with Crippen molar-refractivity contribution < 1.29 is 14.1 Å². The Morgan fingerprint density at radius 2 is 1.93 bits per heavy atom. The van der Waals surface area contributed by atoms with Crippen molar-refractivity contribution in [2.45, 2.75) is 46.8 Å². The number of carbonyl (C=O) groups excluding carboxylic acids is 1. The minimum absolute atomic E-state index is 0.124. The lowest BCUT2D eigenvalue weighted by atomic mass is 10.1. The highest BCUT2D eigenvalue weighted by Crippen LogP contribution is 2.20. The molecule has 1 aromatic heterocycles. The van der Waals surface area contributed by atoms with E-state index < -0.39 is 6.10 Å². The van der Waals surface area contributed by atoms with E-state index in [2.05, 4.69) is 10.1 Å². The SMILES string of the molecule is CC[C@@H](Oc1ccc(C)c(C)c1)C(=O)N(C)Cc1nc(-c2cccc(C)c2)no1. The summed E-state index contributed by atoms with van der Waals surface area (Å²) in [5.41, 5.74) is 4.33. The summed E-state index contributed by atoms with van der Waals surface area (Å²) in [6.07, 6.45) is -0.00431. The van der Waals surface area contributed by atoms with Crippen molar-refractivity contribution in [1.29, 1.82) is 0 Å². The lowest BCUT2D eigenvalue weighted by molar-refractivity contribution is -0.138. The average Bonchev–Trinajstić information content (AvgIpc) is 3.16. The van der Waals surface area contributed by atoms with Crippen molar-refractivity contribution >= 4 is 5.91 Å². The Morgan fingerprint density at radius 1 is 1.14 bits per heavy atom. The largest absolute Gasteiger partial charge is 0.481 e. The van der Waals surface area contributed by atoms with E-state index in [4.69, 9.17) is 9.26 Å². The molecule has 1 atom stereocenters. The number of hydrogen-bond acceptors (Lipinski definition) is 5. The Hall–Kier alpha value is -3.15. The van der Waals surface area contributed by atoms with Crippen LogP contribution >= 0.6 is 0 Å². The van der Waals surface area contributed by atoms with Gasteiger partial charge in [-0.05, 0) is 56.5 Å². The van der Waals surface area contributed by atoms with Gasteiger partial charge in [0.15, 0.2) is 6.10 Å². The van der Waals surface area contributed by atoms with Crippen LogP contribution in [0.2, 0.25) is 0 Å². The summed E-state index contributed by atoms with van der Waals surface area (Å²) in [5.74, 6) is 1.48. The molecule has 0 bridgehead atoms. The van der Waals surface area contributed by atoms with Crippen molar-refractivity contribution in [3.8, 4) is 17.1 Å². The Labute approximate surface area is 171 Å². The Morgan fingerprint density at radius 3 is 2.62 bits per heavy atom. The minimum Gasteiger partial charge on any atom is -0.481 e. The van der Waals surface area contributed by atoms with Crippen LogP contribution in [0.25, 0.3) is 11.4 Å². The lowest BCUT2D eigenvalue weighted by Gasteiger charge is -2.23. The molecule has 0 fully saturated rings. The molecule has 29 heavy (non-hydrogen) atoms. The van der Waals surface area contributed by atoms with E-state index in [9.17, 15) is 4.79 Å². The van der Waals surface area contributed by atoms with Gasteiger partial charge >= 0.3 is 0 Å². The minimum atomic E-state index is -0.568. The van der Waals surface area contributed by atoms with Crippen molar-refractivity contribution in [1.82, 2.24) is 15.0 Å². The monoisotopic (exact) mass is 393 g/mol. The third-order valence-corrected chi connectivity index (χ3v) is 4.90. The molecule has 6 nitrogen and oxygen atoms in total. The standard InChI is InChI=1S/C23H27N3O3/c1-6-20(28-19-11-10-16(3)17(4)13-19)23(27)26(5)14-21-24-22(25-29-21)18-9-7-8-15(2)12-18/h7-13,20H,6,14H2,1-5H3/t20-/m1/s1. The van der Waals surface area contributed by atoms with Gasteiger partial charge in [-0.25, -0.2) is 0 Å². The number of ether oxygens (including phenoxy) is 1. The second-order valence-electron chi connectivity index (χ2n) is 7.34. The number of benzene rings is 2. The third kappa shape index (κ3) is 5.02. The number of aromatic nitrogens is 2. The zero-order chi connectivity index (χ0) is 21.0. The van der Waals surface area contributed by atoms with Crippen LogP contribution in [0.3, 0.4) is 0 Å². The Kier molecular flexibility index (Phi) is 6.32. The van der Waals surface area contributed by atoms with Crippen LogP contribution in [0.5, 0.6) is 5.75 Å². The van der Waals surface area contributed by atoms with Gasteiger partial charge in [-0.3, -0.25) is 4.79 Å². The van der Waals surface area contributed by atoms with Crippen molar-refractivity contribution in [2.24, 2.45) is 0 Å². The maximum Gasteiger partial charge on any atom is 0.263 e. The first kappa shape index (κ1) is 20.6. The normalized spacial score (nSPS) is 11.9. The maximum atomic E-state index is 12.9. The first-order valence-corrected chi connectivity index (χ1v) is 9.76. The molecule has 0 N–H and O–H groups in total. The Bertz CT molecular complexity index is 997. The molecule has 0 aliphatic heterocycles. The maximum absolute atomic E-state index is 12.9. The van der Waals surface area contributed by atoms with E-state index in [0.29, 0.717) is 23.9 Å². The van der Waals surface area contributed by atoms with E-state index in [-0.39, 0.29) is 12.5 Å². The molecule has 0 unspecified atom stereocenters. The molecule has 3 aromatic rings. The second kappa shape index (κ2) is 8.90. The van der Waals surface area contributed by atoms with Crippen LogP contribution < -0.4 is 4.74 Å². The highest BCUT2D eigenvalue weighted by atomic mass is 16.5. The molecule has 1 amide bonds. The average molecular weight is 393 g/mol. The number of nitrogens with zero attached hydrogens (tertiary/aromatic N) is 3. The van der Waals surface area contributed by atoms with Gasteiger partial charge < -0.3 is 14.2 Å². The van der Waals surface area contributed by atoms with Crippen LogP contribution in [0.4, 0.5) is 0 Å². The highest BCUT2D eigenvalue weighted by molar-refractivity contribution is 5.81. The molecule has 6 heteroatoms. The summed E-state index contributed by atoms with van der Waals surface area (Å²) in [7, 11) is 1.71. The van der Waals surface area contributed by atoms with E-state index in [1.807, 2.05) is 70.2 Å². The fraction of sp³-hybridized carbons (Fsp3) is 0.348. The van der Waals surface area contributed by atoms with Gasteiger partial charge in [0.05, 0.1) is 6.54 Å². The number of likely N-dealkylation sites (N-methyl/N-ethyl adjacent to an activating group) is 1. The summed E-state index contributed by atoms with van der Waals surface area (Å²) < 4.78 is 11.3. The first-order chi connectivity index (χ1) is 13.9. The fourth-order valence-electron chi connectivity index (χ4n) is 3.01. The highest BCUT2D eigenvalue weighted by Gasteiger charge is 2.24. The van der Waals surface area contributed by atoms with Gasteiger partial charge in [0.25, 0.3) is 5.91 Å². The van der Waals surface area contributed by atoms with Crippen LogP contribution in [0, 0.1) is 20.8 Å². The molecule has 0 aliphatic rings. The summed E-state index contributed by atoms with van der Waals surface area (Å²) in [6, 6.07) is 13.7. The summed E-state index contributed by atoms with van der Waals surface area (Å²) >= 11 is 0. The van der Waals surface area contributed by atoms with Crippen LogP contribution in [0.1, 0.15) is 35.9 Å². The number of hydrogen-bond donors (Lipinski definition) is 0. The lowest BCUT2D eigenvalue weighted by Crippen LogP contribution is -2.39. The molecule has 2 aromatic carbocycles. The Balaban J connectivity index is 1.66. The molecular weight excluding hydrogens is 366 g/mol. The molecule has 0 saturated heterocycles. The van der Waals surface area contributed by atoms with E-state index >= 15 is 0 Å². The zero-order valence-electron chi connectivity index (χ0n) is 17.6. The molecule has 0 spiro atoms. The predicted octanol–water partition coefficient (Wildman–Crippen LogP) is 4.48. The van der Waals surface area contributed by atoms with E-state index in [1.165, 1.54) is 5.56 Å². The topological polar surface area (TPSA) is 68.5 Å². The van der Waals surface area contributed by atoms with Gasteiger partial charge in [-0.2, -0.15) is 4.98 Å². The molecule has 0 radical (unpaired) electrons. The summed E-state index contributed by atoms with van der Waals surface area (Å²) in [5, 5.41) is 4.04. The first-order valence-electron chi connectivity index (χ1n) is 9.76. The van der Waals surface area contributed by atoms with Crippen molar-refractivity contribution in [3.05, 3.63) is 65.0 Å². The van der Waals surface area contributed by atoms with Gasteiger partial charge in [-0.15, -0.1) is 0 Å². The van der Waals surface area contributed by atoms with E-state index in [0.717, 1.165) is 16.7 Å². The number of carbonyl (C=O) groups is 1. The van der Waals surface area contributed by atoms with Crippen LogP contribution in [-0.4, -0.2) is 34.1 Å². The molecule has 3 rings (SSSR count). The summed E-state index contributed by atoms with van der Waals surface area (Å²) in [6.45, 7) is 8.24. The van der Waals surface area contributed by atoms with Gasteiger partial charge in [0, 0.05) is 12.6 Å². The molecule has 0 aliphatic carbocycles. The second-order valence-corrected chi connectivity index (χ2v) is 7.34. The van der Waals surface area contributed by atoms with Gasteiger partial charge in [-0.1, -0.05) is 41.9 Å². The van der Waals surface area contributed by atoms with E-state index in [1.54, 1.807) is 11.9 Å². The molecule has 1 heterocycles. The van der Waals surface area contributed by atoms with Crippen LogP contribution in [0.15, 0.2) is 47.0 Å². The zero-order valence-corrected chi connectivity index (χ0v) is 17.6. The summed E-state index contributed by atoms with van der Waals surface area (Å²) in [4.78, 5) is 18.8. The number of aryl methyl sites for hydroxylation is 3. The predicted molar refractivity (Wildman–Crippen MR) is 112 cm³/mol. The van der Waals surface area contributed by atoms with Crippen LogP contribution in [-0.2, 0) is 11.3 Å². The third-order valence-electron chi connectivity index (χ3n) is 4.90. The molecular formula is C23H27N3O3. The van der Waals surface area contributed by atoms with Crippen molar-refractivity contribution in [3.63, 3.8) is 0 Å². The number of rotatable bonds is 7. The van der Waals surface area contributed by atoms with Gasteiger partial charge in [0.1, 0.15) is 5.75 Å².